The van der Waals surface area contributed by atoms with Crippen LogP contribution in [0.4, 0.5) is 0 Å². The van der Waals surface area contributed by atoms with E-state index >= 15 is 0 Å². The van der Waals surface area contributed by atoms with Gasteiger partial charge >= 0.3 is 0 Å². The van der Waals surface area contributed by atoms with Crippen molar-refractivity contribution in [3.63, 3.8) is 0 Å². The maximum atomic E-state index is 8.39. The molecule has 8 heavy (non-hydrogen) atoms. The highest BCUT2D eigenvalue weighted by molar-refractivity contribution is 6.50. The standard InChI is InChI=1S/C5H8Cl2O/c6-5(7)3-4(5)1-2-8/h4,8H,1-3H2/t4-/m0/s1. The van der Waals surface area contributed by atoms with Gasteiger partial charge in [0.2, 0.25) is 0 Å². The van der Waals surface area contributed by atoms with E-state index in [9.17, 15) is 0 Å². The molecule has 0 aromatic rings. The van der Waals surface area contributed by atoms with E-state index in [0.717, 1.165) is 12.8 Å². The summed E-state index contributed by atoms with van der Waals surface area (Å²) in [5.41, 5.74) is 0. The van der Waals surface area contributed by atoms with Crippen molar-refractivity contribution in [2.75, 3.05) is 6.61 Å². The highest BCUT2D eigenvalue weighted by Crippen LogP contribution is 2.54. The average Bonchev–Trinajstić information content (AvgIpc) is 2.15. The molecule has 0 bridgehead atoms. The van der Waals surface area contributed by atoms with Gasteiger partial charge < -0.3 is 5.11 Å². The topological polar surface area (TPSA) is 20.2 Å². The van der Waals surface area contributed by atoms with Gasteiger partial charge in [-0.15, -0.1) is 23.2 Å². The maximum absolute atomic E-state index is 8.39. The summed E-state index contributed by atoms with van der Waals surface area (Å²) in [6, 6.07) is 0. The molecule has 0 aromatic carbocycles. The van der Waals surface area contributed by atoms with Crippen LogP contribution in [0.15, 0.2) is 0 Å². The van der Waals surface area contributed by atoms with Gasteiger partial charge in [0.05, 0.1) is 0 Å². The summed E-state index contributed by atoms with van der Waals surface area (Å²) in [5, 5.41) is 8.39. The Morgan fingerprint density at radius 2 is 2.12 bits per heavy atom. The van der Waals surface area contributed by atoms with Gasteiger partial charge in [0.1, 0.15) is 4.33 Å². The lowest BCUT2D eigenvalue weighted by atomic mass is 10.3. The number of aliphatic hydroxyl groups excluding tert-OH is 1. The Labute approximate surface area is 58.6 Å². The molecule has 1 saturated carbocycles. The average molecular weight is 155 g/mol. The molecule has 0 spiro atoms. The Morgan fingerprint density at radius 3 is 2.25 bits per heavy atom. The molecule has 3 heteroatoms. The maximum Gasteiger partial charge on any atom is 0.121 e. The summed E-state index contributed by atoms with van der Waals surface area (Å²) >= 11 is 11.3. The van der Waals surface area contributed by atoms with E-state index in [1.807, 2.05) is 0 Å². The van der Waals surface area contributed by atoms with Gasteiger partial charge in [-0.3, -0.25) is 0 Å². The first-order valence-electron chi connectivity index (χ1n) is 2.65. The third-order valence-corrected chi connectivity index (χ3v) is 2.36. The normalized spacial score (nSPS) is 32.6. The smallest absolute Gasteiger partial charge is 0.121 e. The van der Waals surface area contributed by atoms with E-state index in [1.165, 1.54) is 0 Å². The number of aliphatic hydroxyl groups is 1. The first-order valence-corrected chi connectivity index (χ1v) is 3.41. The van der Waals surface area contributed by atoms with Crippen LogP contribution in [-0.2, 0) is 0 Å². The second-order valence-electron chi connectivity index (χ2n) is 2.17. The number of halogens is 2. The van der Waals surface area contributed by atoms with Crippen LogP contribution in [0.1, 0.15) is 12.8 Å². The van der Waals surface area contributed by atoms with Crippen molar-refractivity contribution in [3.8, 4) is 0 Å². The van der Waals surface area contributed by atoms with Gasteiger partial charge in [-0.25, -0.2) is 0 Å². The molecule has 0 aliphatic heterocycles. The van der Waals surface area contributed by atoms with Crippen molar-refractivity contribution in [2.24, 2.45) is 5.92 Å². The van der Waals surface area contributed by atoms with Crippen LogP contribution in [0.5, 0.6) is 0 Å². The zero-order valence-electron chi connectivity index (χ0n) is 4.40. The van der Waals surface area contributed by atoms with Crippen molar-refractivity contribution in [1.82, 2.24) is 0 Å². The fourth-order valence-corrected chi connectivity index (χ4v) is 1.33. The molecular weight excluding hydrogens is 147 g/mol. The van der Waals surface area contributed by atoms with Crippen LogP contribution < -0.4 is 0 Å². The van der Waals surface area contributed by atoms with Gasteiger partial charge in [0.15, 0.2) is 0 Å². The highest BCUT2D eigenvalue weighted by atomic mass is 35.5. The zero-order valence-corrected chi connectivity index (χ0v) is 5.91. The van der Waals surface area contributed by atoms with Gasteiger partial charge in [0, 0.05) is 6.61 Å². The monoisotopic (exact) mass is 154 g/mol. The lowest BCUT2D eigenvalue weighted by Crippen LogP contribution is -1.92. The molecule has 1 atom stereocenters. The van der Waals surface area contributed by atoms with Crippen molar-refractivity contribution in [3.05, 3.63) is 0 Å². The zero-order chi connectivity index (χ0) is 6.20. The van der Waals surface area contributed by atoms with Gasteiger partial charge in [-0.2, -0.15) is 0 Å². The minimum atomic E-state index is -0.497. The van der Waals surface area contributed by atoms with Crippen LogP contribution in [0, 0.1) is 5.92 Å². The first kappa shape index (κ1) is 6.66. The highest BCUT2D eigenvalue weighted by Gasteiger charge is 2.50. The van der Waals surface area contributed by atoms with Crippen LogP contribution in [0.25, 0.3) is 0 Å². The van der Waals surface area contributed by atoms with Crippen molar-refractivity contribution in [1.29, 1.82) is 0 Å². The predicted molar refractivity (Wildman–Crippen MR) is 34.2 cm³/mol. The van der Waals surface area contributed by atoms with E-state index in [1.54, 1.807) is 0 Å². The van der Waals surface area contributed by atoms with Crippen LogP contribution in [-0.4, -0.2) is 16.0 Å². The van der Waals surface area contributed by atoms with E-state index in [-0.39, 0.29) is 6.61 Å². The number of alkyl halides is 2. The van der Waals surface area contributed by atoms with Crippen molar-refractivity contribution < 1.29 is 5.11 Å². The fraction of sp³-hybridized carbons (Fsp3) is 1.00. The van der Waals surface area contributed by atoms with Crippen LogP contribution in [0.3, 0.4) is 0 Å². The Morgan fingerprint density at radius 1 is 1.62 bits per heavy atom. The summed E-state index contributed by atoms with van der Waals surface area (Å²) in [6.07, 6.45) is 1.59. The molecule has 0 aromatic heterocycles. The third kappa shape index (κ3) is 1.28. The molecule has 1 aliphatic rings. The van der Waals surface area contributed by atoms with E-state index in [2.05, 4.69) is 0 Å². The molecule has 1 rings (SSSR count). The van der Waals surface area contributed by atoms with E-state index in [4.69, 9.17) is 28.3 Å². The number of hydrogen-bond donors (Lipinski definition) is 1. The van der Waals surface area contributed by atoms with Crippen LogP contribution >= 0.6 is 23.2 Å². The minimum Gasteiger partial charge on any atom is -0.396 e. The van der Waals surface area contributed by atoms with Crippen LogP contribution in [0.2, 0.25) is 0 Å². The Hall–Kier alpha value is 0.540. The van der Waals surface area contributed by atoms with E-state index in [0.29, 0.717) is 5.92 Å². The van der Waals surface area contributed by atoms with Gasteiger partial charge in [-0.1, -0.05) is 0 Å². The summed E-state index contributed by atoms with van der Waals surface area (Å²) < 4.78 is -0.497. The van der Waals surface area contributed by atoms with Crippen molar-refractivity contribution >= 4 is 23.2 Å². The summed E-state index contributed by atoms with van der Waals surface area (Å²) in [6.45, 7) is 0.200. The largest absolute Gasteiger partial charge is 0.396 e. The molecule has 48 valence electrons. The molecule has 1 fully saturated rings. The molecule has 0 amide bonds. The number of hydrogen-bond acceptors (Lipinski definition) is 1. The Bertz CT molecular complexity index is 92.4. The Balaban J connectivity index is 2.17. The van der Waals surface area contributed by atoms with E-state index < -0.39 is 4.33 Å². The molecule has 1 aliphatic carbocycles. The number of rotatable bonds is 2. The summed E-state index contributed by atoms with van der Waals surface area (Å²) in [5.74, 6) is 0.343. The lowest BCUT2D eigenvalue weighted by Gasteiger charge is -1.93. The molecule has 0 saturated heterocycles. The lowest BCUT2D eigenvalue weighted by molar-refractivity contribution is 0.279. The fourth-order valence-electron chi connectivity index (χ4n) is 0.739. The predicted octanol–water partition coefficient (Wildman–Crippen LogP) is 1.56. The molecule has 1 nitrogen and oxygen atoms in total. The molecule has 0 unspecified atom stereocenters. The quantitative estimate of drug-likeness (QED) is 0.600. The second kappa shape index (κ2) is 2.05. The Kier molecular flexibility index (Phi) is 1.71. The third-order valence-electron chi connectivity index (χ3n) is 1.43. The van der Waals surface area contributed by atoms with Gasteiger partial charge in [0.25, 0.3) is 0 Å². The molecular formula is C5H8Cl2O. The molecule has 0 radical (unpaired) electrons. The second-order valence-corrected chi connectivity index (χ2v) is 3.72. The first-order chi connectivity index (χ1) is 3.67. The molecule has 0 heterocycles. The minimum absolute atomic E-state index is 0.200. The van der Waals surface area contributed by atoms with Gasteiger partial charge in [-0.05, 0) is 18.8 Å². The van der Waals surface area contributed by atoms with Crippen molar-refractivity contribution in [2.45, 2.75) is 17.2 Å². The summed E-state index contributed by atoms with van der Waals surface area (Å²) in [4.78, 5) is 0. The molecule has 1 N–H and O–H groups in total. The SMILES string of the molecule is OCC[C@H]1CC1(Cl)Cl. The summed E-state index contributed by atoms with van der Waals surface area (Å²) in [7, 11) is 0.